The fraction of sp³-hybridized carbons (Fsp3) is 0.409. The summed E-state index contributed by atoms with van der Waals surface area (Å²) in [5.74, 6) is 1.80. The first-order valence-corrected chi connectivity index (χ1v) is 9.60. The van der Waals surface area contributed by atoms with E-state index in [-0.39, 0.29) is 0 Å². The highest BCUT2D eigenvalue weighted by Gasteiger charge is 2.25. The van der Waals surface area contributed by atoms with Gasteiger partial charge in [0.25, 0.3) is 0 Å². The Morgan fingerprint density at radius 2 is 1.96 bits per heavy atom. The van der Waals surface area contributed by atoms with Crippen molar-refractivity contribution >= 4 is 11.6 Å². The number of guanidine groups is 1. The van der Waals surface area contributed by atoms with Crippen LogP contribution in [-0.2, 0) is 6.42 Å². The predicted molar refractivity (Wildman–Crippen MR) is 113 cm³/mol. The van der Waals surface area contributed by atoms with E-state index < -0.39 is 0 Å². The Labute approximate surface area is 162 Å². The summed E-state index contributed by atoms with van der Waals surface area (Å²) in [6.07, 6.45) is 2.07. The zero-order chi connectivity index (χ0) is 19.1. The van der Waals surface area contributed by atoms with Gasteiger partial charge in [0.2, 0.25) is 0 Å². The van der Waals surface area contributed by atoms with Gasteiger partial charge < -0.3 is 20.3 Å². The van der Waals surface area contributed by atoms with Crippen molar-refractivity contribution in [3.8, 4) is 5.75 Å². The Bertz CT molecular complexity index is 757. The number of aliphatic imine (C=N–C) groups is 1. The lowest BCUT2D eigenvalue weighted by Gasteiger charge is -2.22. The van der Waals surface area contributed by atoms with E-state index in [2.05, 4.69) is 63.8 Å². The predicted octanol–water partition coefficient (Wildman–Crippen LogP) is 2.99. The van der Waals surface area contributed by atoms with Crippen LogP contribution in [0.5, 0.6) is 5.75 Å². The summed E-state index contributed by atoms with van der Waals surface area (Å²) in [6, 6.07) is 17.3. The van der Waals surface area contributed by atoms with Crippen molar-refractivity contribution < 1.29 is 4.74 Å². The second kappa shape index (κ2) is 9.31. The van der Waals surface area contributed by atoms with Gasteiger partial charge in [-0.3, -0.25) is 4.99 Å². The van der Waals surface area contributed by atoms with E-state index in [0.717, 1.165) is 49.9 Å². The van der Waals surface area contributed by atoms with Crippen molar-refractivity contribution in [2.75, 3.05) is 38.7 Å². The highest BCUT2D eigenvalue weighted by Crippen LogP contribution is 2.30. The molecule has 27 heavy (non-hydrogen) atoms. The molecule has 0 amide bonds. The van der Waals surface area contributed by atoms with Gasteiger partial charge in [-0.05, 0) is 37.5 Å². The second-order valence-corrected chi connectivity index (χ2v) is 6.98. The molecule has 0 radical (unpaired) electrons. The van der Waals surface area contributed by atoms with Gasteiger partial charge in [-0.15, -0.1) is 0 Å². The molecular weight excluding hydrogens is 336 g/mol. The van der Waals surface area contributed by atoms with Crippen molar-refractivity contribution in [3.05, 3.63) is 59.7 Å². The van der Waals surface area contributed by atoms with Gasteiger partial charge in [0.1, 0.15) is 5.75 Å². The minimum absolute atomic E-state index is 0.375. The van der Waals surface area contributed by atoms with Gasteiger partial charge in [-0.2, -0.15) is 0 Å². The summed E-state index contributed by atoms with van der Waals surface area (Å²) in [4.78, 5) is 6.75. The SMILES string of the molecule is CN=C(NCCc1ccc(C)cc1)NC1CCN(c2ccccc2OC)C1. The van der Waals surface area contributed by atoms with Gasteiger partial charge in [0, 0.05) is 32.7 Å². The number of ether oxygens (including phenoxy) is 1. The fourth-order valence-corrected chi connectivity index (χ4v) is 3.46. The molecular formula is C22H30N4O. The van der Waals surface area contributed by atoms with Gasteiger partial charge in [-0.1, -0.05) is 42.0 Å². The molecule has 2 aromatic rings. The molecule has 0 aromatic heterocycles. The van der Waals surface area contributed by atoms with Crippen LogP contribution < -0.4 is 20.3 Å². The minimum atomic E-state index is 0.375. The van der Waals surface area contributed by atoms with Crippen LogP contribution in [0.2, 0.25) is 0 Å². The van der Waals surface area contributed by atoms with Crippen LogP contribution >= 0.6 is 0 Å². The number of hydrogen-bond acceptors (Lipinski definition) is 3. The molecule has 0 saturated carbocycles. The number of rotatable bonds is 6. The number of hydrogen-bond donors (Lipinski definition) is 2. The Morgan fingerprint density at radius 3 is 2.70 bits per heavy atom. The highest BCUT2D eigenvalue weighted by atomic mass is 16.5. The molecule has 1 unspecified atom stereocenters. The number of anilines is 1. The van der Waals surface area contributed by atoms with E-state index in [1.54, 1.807) is 7.11 Å². The maximum absolute atomic E-state index is 5.50. The minimum Gasteiger partial charge on any atom is -0.495 e. The first-order chi connectivity index (χ1) is 13.2. The van der Waals surface area contributed by atoms with Gasteiger partial charge in [-0.25, -0.2) is 0 Å². The molecule has 3 rings (SSSR count). The summed E-state index contributed by atoms with van der Waals surface area (Å²) in [6.45, 7) is 4.94. The summed E-state index contributed by atoms with van der Waals surface area (Å²) in [5, 5.41) is 6.99. The second-order valence-electron chi connectivity index (χ2n) is 6.98. The number of para-hydroxylation sites is 2. The van der Waals surface area contributed by atoms with E-state index in [9.17, 15) is 0 Å². The Balaban J connectivity index is 1.48. The number of nitrogens with zero attached hydrogens (tertiary/aromatic N) is 2. The molecule has 1 saturated heterocycles. The lowest BCUT2D eigenvalue weighted by Crippen LogP contribution is -2.45. The quantitative estimate of drug-likeness (QED) is 0.610. The summed E-state index contributed by atoms with van der Waals surface area (Å²) in [7, 11) is 3.55. The molecule has 1 atom stereocenters. The number of methoxy groups -OCH3 is 1. The van der Waals surface area contributed by atoms with Gasteiger partial charge in [0.05, 0.1) is 12.8 Å². The van der Waals surface area contributed by atoms with Crippen LogP contribution in [0.15, 0.2) is 53.5 Å². The normalized spacial score (nSPS) is 17.1. The van der Waals surface area contributed by atoms with Gasteiger partial charge >= 0.3 is 0 Å². The Kier molecular flexibility index (Phi) is 6.58. The van der Waals surface area contributed by atoms with Crippen LogP contribution in [-0.4, -0.2) is 45.8 Å². The number of aryl methyl sites for hydroxylation is 1. The zero-order valence-corrected chi connectivity index (χ0v) is 16.5. The van der Waals surface area contributed by atoms with Crippen molar-refractivity contribution in [2.45, 2.75) is 25.8 Å². The molecule has 0 spiro atoms. The fourth-order valence-electron chi connectivity index (χ4n) is 3.46. The molecule has 0 bridgehead atoms. The zero-order valence-electron chi connectivity index (χ0n) is 16.5. The van der Waals surface area contributed by atoms with Crippen LogP contribution in [0.4, 0.5) is 5.69 Å². The first kappa shape index (κ1) is 19.1. The monoisotopic (exact) mass is 366 g/mol. The maximum Gasteiger partial charge on any atom is 0.191 e. The van der Waals surface area contributed by atoms with Crippen molar-refractivity contribution in [1.82, 2.24) is 10.6 Å². The van der Waals surface area contributed by atoms with Crippen molar-refractivity contribution in [1.29, 1.82) is 0 Å². The molecule has 1 heterocycles. The Morgan fingerprint density at radius 1 is 1.19 bits per heavy atom. The average Bonchev–Trinajstić information content (AvgIpc) is 3.17. The highest BCUT2D eigenvalue weighted by molar-refractivity contribution is 5.80. The molecule has 1 aliphatic heterocycles. The van der Waals surface area contributed by atoms with Crippen LogP contribution in [0.3, 0.4) is 0 Å². The van der Waals surface area contributed by atoms with Crippen molar-refractivity contribution in [3.63, 3.8) is 0 Å². The van der Waals surface area contributed by atoms with Crippen molar-refractivity contribution in [2.24, 2.45) is 4.99 Å². The molecule has 1 fully saturated rings. The first-order valence-electron chi connectivity index (χ1n) is 9.60. The van der Waals surface area contributed by atoms with Crippen LogP contribution in [0.1, 0.15) is 17.5 Å². The summed E-state index contributed by atoms with van der Waals surface area (Å²) >= 11 is 0. The third-order valence-corrected chi connectivity index (χ3v) is 5.01. The Hall–Kier alpha value is -2.69. The van der Waals surface area contributed by atoms with Gasteiger partial charge in [0.15, 0.2) is 5.96 Å². The van der Waals surface area contributed by atoms with E-state index in [1.807, 2.05) is 19.2 Å². The third-order valence-electron chi connectivity index (χ3n) is 5.01. The maximum atomic E-state index is 5.50. The smallest absolute Gasteiger partial charge is 0.191 e. The van der Waals surface area contributed by atoms with E-state index in [0.29, 0.717) is 6.04 Å². The number of nitrogens with one attached hydrogen (secondary N) is 2. The molecule has 5 nitrogen and oxygen atoms in total. The molecule has 2 N–H and O–H groups in total. The van der Waals surface area contributed by atoms with Crippen LogP contribution in [0, 0.1) is 6.92 Å². The average molecular weight is 367 g/mol. The lowest BCUT2D eigenvalue weighted by molar-refractivity contribution is 0.415. The third kappa shape index (κ3) is 5.16. The lowest BCUT2D eigenvalue weighted by atomic mass is 10.1. The van der Waals surface area contributed by atoms with E-state index in [4.69, 9.17) is 4.74 Å². The molecule has 1 aliphatic rings. The molecule has 144 valence electrons. The molecule has 2 aromatic carbocycles. The molecule has 5 heteroatoms. The standard InChI is InChI=1S/C22H30N4O/c1-17-8-10-18(11-9-17)12-14-24-22(23-2)25-19-13-15-26(16-19)20-6-4-5-7-21(20)27-3/h4-11,19H,12-16H2,1-3H3,(H2,23,24,25). The number of benzene rings is 2. The molecule has 0 aliphatic carbocycles. The van der Waals surface area contributed by atoms with E-state index >= 15 is 0 Å². The largest absolute Gasteiger partial charge is 0.495 e. The summed E-state index contributed by atoms with van der Waals surface area (Å²) in [5.41, 5.74) is 3.79. The van der Waals surface area contributed by atoms with Crippen LogP contribution in [0.25, 0.3) is 0 Å². The van der Waals surface area contributed by atoms with E-state index in [1.165, 1.54) is 11.1 Å². The summed E-state index contributed by atoms with van der Waals surface area (Å²) < 4.78 is 5.50. The topological polar surface area (TPSA) is 48.9 Å².